The van der Waals surface area contributed by atoms with E-state index in [2.05, 4.69) is 22.9 Å². The van der Waals surface area contributed by atoms with E-state index < -0.39 is 0 Å². The second-order valence-electron chi connectivity index (χ2n) is 6.79. The zero-order valence-corrected chi connectivity index (χ0v) is 14.5. The van der Waals surface area contributed by atoms with Crippen molar-refractivity contribution in [2.24, 2.45) is 0 Å². The SMILES string of the molecule is Cc1cccnc1CN1CCN(C(=O)[C@@H]2Cc3ccccc3O2)CC1. The molecule has 1 fully saturated rings. The molecule has 0 saturated carbocycles. The number of piperazine rings is 1. The van der Waals surface area contributed by atoms with Gasteiger partial charge in [-0.25, -0.2) is 0 Å². The highest BCUT2D eigenvalue weighted by molar-refractivity contribution is 5.82. The number of rotatable bonds is 3. The predicted molar refractivity (Wildman–Crippen MR) is 95.4 cm³/mol. The Balaban J connectivity index is 1.32. The van der Waals surface area contributed by atoms with Gasteiger partial charge in [0.1, 0.15) is 5.75 Å². The van der Waals surface area contributed by atoms with Gasteiger partial charge in [-0.15, -0.1) is 0 Å². The first-order valence-electron chi connectivity index (χ1n) is 8.87. The molecule has 0 bridgehead atoms. The fourth-order valence-electron chi connectivity index (χ4n) is 3.55. The summed E-state index contributed by atoms with van der Waals surface area (Å²) in [6, 6.07) is 12.0. The summed E-state index contributed by atoms with van der Waals surface area (Å²) in [7, 11) is 0. The molecule has 2 aromatic rings. The molecule has 1 aromatic carbocycles. The van der Waals surface area contributed by atoms with Gasteiger partial charge >= 0.3 is 0 Å². The molecule has 0 spiro atoms. The zero-order chi connectivity index (χ0) is 17.2. The standard InChI is InChI=1S/C20H23N3O2/c1-15-5-4-8-21-17(15)14-22-9-11-23(12-10-22)20(24)19-13-16-6-2-3-7-18(16)25-19/h2-8,19H,9-14H2,1H3/t19-/m0/s1. The van der Waals surface area contributed by atoms with Crippen LogP contribution in [0.5, 0.6) is 5.75 Å². The highest BCUT2D eigenvalue weighted by Crippen LogP contribution is 2.29. The van der Waals surface area contributed by atoms with Crippen molar-refractivity contribution in [2.45, 2.75) is 26.0 Å². The molecule has 130 valence electrons. The van der Waals surface area contributed by atoms with Crippen LogP contribution in [0, 0.1) is 6.92 Å². The number of pyridine rings is 1. The van der Waals surface area contributed by atoms with E-state index in [9.17, 15) is 4.79 Å². The quantitative estimate of drug-likeness (QED) is 0.860. The fraction of sp³-hybridized carbons (Fsp3) is 0.400. The number of aryl methyl sites for hydroxylation is 1. The van der Waals surface area contributed by atoms with Crippen LogP contribution in [0.3, 0.4) is 0 Å². The summed E-state index contributed by atoms with van der Waals surface area (Å²) in [6.45, 7) is 6.20. The number of hydrogen-bond donors (Lipinski definition) is 0. The van der Waals surface area contributed by atoms with E-state index in [1.165, 1.54) is 5.56 Å². The molecule has 1 amide bonds. The van der Waals surface area contributed by atoms with Gasteiger partial charge in [0.05, 0.1) is 5.69 Å². The van der Waals surface area contributed by atoms with Crippen LogP contribution in [0.2, 0.25) is 0 Å². The minimum atomic E-state index is -0.359. The summed E-state index contributed by atoms with van der Waals surface area (Å²) in [6.07, 6.45) is 2.17. The number of amides is 1. The molecule has 2 aliphatic heterocycles. The van der Waals surface area contributed by atoms with E-state index in [1.54, 1.807) is 0 Å². The van der Waals surface area contributed by atoms with E-state index in [1.807, 2.05) is 41.4 Å². The first-order valence-corrected chi connectivity index (χ1v) is 8.87. The van der Waals surface area contributed by atoms with Crippen LogP contribution in [0.25, 0.3) is 0 Å². The maximum absolute atomic E-state index is 12.8. The van der Waals surface area contributed by atoms with Gasteiger partial charge in [0, 0.05) is 45.3 Å². The lowest BCUT2D eigenvalue weighted by Crippen LogP contribution is -2.52. The lowest BCUT2D eigenvalue weighted by atomic mass is 10.1. The Morgan fingerprint density at radius 3 is 2.72 bits per heavy atom. The van der Waals surface area contributed by atoms with Gasteiger partial charge in [-0.1, -0.05) is 24.3 Å². The second-order valence-corrected chi connectivity index (χ2v) is 6.79. The van der Waals surface area contributed by atoms with E-state index in [4.69, 9.17) is 4.74 Å². The maximum Gasteiger partial charge on any atom is 0.264 e. The third kappa shape index (κ3) is 3.37. The van der Waals surface area contributed by atoms with Crippen molar-refractivity contribution in [1.82, 2.24) is 14.8 Å². The number of nitrogens with zero attached hydrogens (tertiary/aromatic N) is 3. The van der Waals surface area contributed by atoms with Crippen LogP contribution in [-0.2, 0) is 17.8 Å². The van der Waals surface area contributed by atoms with Gasteiger partial charge in [-0.2, -0.15) is 0 Å². The summed E-state index contributed by atoms with van der Waals surface area (Å²) in [5.41, 5.74) is 3.47. The summed E-state index contributed by atoms with van der Waals surface area (Å²) in [4.78, 5) is 21.5. The summed E-state index contributed by atoms with van der Waals surface area (Å²) in [5, 5.41) is 0. The summed E-state index contributed by atoms with van der Waals surface area (Å²) < 4.78 is 5.85. The third-order valence-electron chi connectivity index (χ3n) is 5.10. The molecule has 0 radical (unpaired) electrons. The monoisotopic (exact) mass is 337 g/mol. The molecule has 0 N–H and O–H groups in total. The average Bonchev–Trinajstić information content (AvgIpc) is 3.08. The first-order chi connectivity index (χ1) is 12.2. The Morgan fingerprint density at radius 1 is 1.16 bits per heavy atom. The molecule has 5 nitrogen and oxygen atoms in total. The smallest absolute Gasteiger partial charge is 0.264 e. The Bertz CT molecular complexity index is 744. The predicted octanol–water partition coefficient (Wildman–Crippen LogP) is 2.04. The number of hydrogen-bond acceptors (Lipinski definition) is 4. The average molecular weight is 337 g/mol. The van der Waals surface area contributed by atoms with Crippen LogP contribution >= 0.6 is 0 Å². The molecular formula is C20H23N3O2. The minimum absolute atomic E-state index is 0.116. The van der Waals surface area contributed by atoms with Crippen molar-refractivity contribution < 1.29 is 9.53 Å². The largest absolute Gasteiger partial charge is 0.480 e. The minimum Gasteiger partial charge on any atom is -0.480 e. The highest BCUT2D eigenvalue weighted by atomic mass is 16.5. The third-order valence-corrected chi connectivity index (χ3v) is 5.10. The van der Waals surface area contributed by atoms with Crippen LogP contribution in [0.15, 0.2) is 42.6 Å². The zero-order valence-electron chi connectivity index (χ0n) is 14.5. The van der Waals surface area contributed by atoms with Gasteiger partial charge in [-0.3, -0.25) is 14.7 Å². The Morgan fingerprint density at radius 2 is 1.96 bits per heavy atom. The molecule has 1 saturated heterocycles. The normalized spacial score (nSPS) is 20.2. The topological polar surface area (TPSA) is 45.7 Å². The van der Waals surface area contributed by atoms with Gasteiger partial charge in [0.15, 0.2) is 6.10 Å². The van der Waals surface area contributed by atoms with Crippen molar-refractivity contribution in [3.05, 3.63) is 59.4 Å². The maximum atomic E-state index is 12.8. The van der Waals surface area contributed by atoms with E-state index >= 15 is 0 Å². The number of ether oxygens (including phenoxy) is 1. The second kappa shape index (κ2) is 6.84. The molecule has 5 heteroatoms. The molecule has 0 aliphatic carbocycles. The fourth-order valence-corrected chi connectivity index (χ4v) is 3.55. The molecule has 1 atom stereocenters. The molecule has 0 unspecified atom stereocenters. The number of benzene rings is 1. The van der Waals surface area contributed by atoms with E-state index in [0.717, 1.165) is 49.7 Å². The molecule has 4 rings (SSSR count). The van der Waals surface area contributed by atoms with Crippen LogP contribution in [-0.4, -0.2) is 53.0 Å². The Labute approximate surface area is 148 Å². The van der Waals surface area contributed by atoms with Crippen molar-refractivity contribution in [2.75, 3.05) is 26.2 Å². The first kappa shape index (κ1) is 16.1. The highest BCUT2D eigenvalue weighted by Gasteiger charge is 2.33. The Hall–Kier alpha value is -2.40. The molecule has 2 aliphatic rings. The molecule has 1 aromatic heterocycles. The van der Waals surface area contributed by atoms with Gasteiger partial charge in [-0.05, 0) is 30.2 Å². The molecule has 25 heavy (non-hydrogen) atoms. The number of carbonyl (C=O) groups excluding carboxylic acids is 1. The van der Waals surface area contributed by atoms with Gasteiger partial charge < -0.3 is 9.64 Å². The van der Waals surface area contributed by atoms with Crippen molar-refractivity contribution in [3.63, 3.8) is 0 Å². The Kier molecular flexibility index (Phi) is 4.40. The van der Waals surface area contributed by atoms with Crippen molar-refractivity contribution >= 4 is 5.91 Å². The van der Waals surface area contributed by atoms with Crippen LogP contribution < -0.4 is 4.74 Å². The summed E-state index contributed by atoms with van der Waals surface area (Å²) >= 11 is 0. The number of carbonyl (C=O) groups is 1. The lowest BCUT2D eigenvalue weighted by molar-refractivity contribution is -0.139. The summed E-state index contributed by atoms with van der Waals surface area (Å²) in [5.74, 6) is 0.968. The van der Waals surface area contributed by atoms with Gasteiger partial charge in [0.25, 0.3) is 5.91 Å². The lowest BCUT2D eigenvalue weighted by Gasteiger charge is -2.35. The van der Waals surface area contributed by atoms with Crippen LogP contribution in [0.4, 0.5) is 0 Å². The molecular weight excluding hydrogens is 314 g/mol. The van der Waals surface area contributed by atoms with Crippen molar-refractivity contribution in [1.29, 1.82) is 0 Å². The van der Waals surface area contributed by atoms with E-state index in [0.29, 0.717) is 6.42 Å². The number of para-hydroxylation sites is 1. The van der Waals surface area contributed by atoms with Crippen molar-refractivity contribution in [3.8, 4) is 5.75 Å². The number of aromatic nitrogens is 1. The number of fused-ring (bicyclic) bond motifs is 1. The molecule has 3 heterocycles. The van der Waals surface area contributed by atoms with Crippen LogP contribution in [0.1, 0.15) is 16.8 Å². The van der Waals surface area contributed by atoms with E-state index in [-0.39, 0.29) is 12.0 Å². The van der Waals surface area contributed by atoms with Gasteiger partial charge in [0.2, 0.25) is 0 Å².